The van der Waals surface area contributed by atoms with Gasteiger partial charge >= 0.3 is 0 Å². The minimum Gasteiger partial charge on any atom is -0.341 e. The third-order valence-corrected chi connectivity index (χ3v) is 4.31. The average molecular weight is 311 g/mol. The molecule has 0 saturated carbocycles. The maximum Gasteiger partial charge on any atom is 0.224 e. The average Bonchev–Trinajstić information content (AvgIpc) is 2.86. The SMILES string of the molecule is CS(=O)(=O)N[C@@H]1CCN(C(=O)C[C@@H](N)c2ccccc2)C1. The fourth-order valence-electron chi connectivity index (χ4n) is 2.52. The molecule has 0 spiro atoms. The van der Waals surface area contributed by atoms with Gasteiger partial charge in [-0.1, -0.05) is 30.3 Å². The summed E-state index contributed by atoms with van der Waals surface area (Å²) < 4.78 is 24.9. The largest absolute Gasteiger partial charge is 0.341 e. The molecule has 1 fully saturated rings. The molecule has 7 heteroatoms. The Morgan fingerprint density at radius 1 is 1.43 bits per heavy atom. The molecular weight excluding hydrogens is 290 g/mol. The molecule has 2 atom stereocenters. The third kappa shape index (κ3) is 4.80. The predicted molar refractivity (Wildman–Crippen MR) is 81.0 cm³/mol. The van der Waals surface area contributed by atoms with E-state index in [0.29, 0.717) is 19.5 Å². The fraction of sp³-hybridized carbons (Fsp3) is 0.500. The van der Waals surface area contributed by atoms with Crippen molar-refractivity contribution in [1.82, 2.24) is 9.62 Å². The van der Waals surface area contributed by atoms with Gasteiger partial charge in [0.15, 0.2) is 0 Å². The maximum absolute atomic E-state index is 12.2. The van der Waals surface area contributed by atoms with Gasteiger partial charge in [-0.25, -0.2) is 13.1 Å². The van der Waals surface area contributed by atoms with Crippen LogP contribution >= 0.6 is 0 Å². The molecule has 1 heterocycles. The van der Waals surface area contributed by atoms with E-state index >= 15 is 0 Å². The van der Waals surface area contributed by atoms with Gasteiger partial charge in [-0.15, -0.1) is 0 Å². The summed E-state index contributed by atoms with van der Waals surface area (Å²) in [4.78, 5) is 13.9. The molecule has 0 aliphatic carbocycles. The van der Waals surface area contributed by atoms with E-state index in [9.17, 15) is 13.2 Å². The molecule has 1 aliphatic rings. The van der Waals surface area contributed by atoms with E-state index < -0.39 is 10.0 Å². The molecule has 2 rings (SSSR count). The third-order valence-electron chi connectivity index (χ3n) is 3.54. The Hall–Kier alpha value is -1.44. The van der Waals surface area contributed by atoms with Crippen molar-refractivity contribution >= 4 is 15.9 Å². The second-order valence-corrected chi connectivity index (χ2v) is 7.22. The van der Waals surface area contributed by atoms with Crippen LogP contribution in [0.5, 0.6) is 0 Å². The number of benzene rings is 1. The van der Waals surface area contributed by atoms with Crippen LogP contribution in [0.4, 0.5) is 0 Å². The first kappa shape index (κ1) is 15.9. The number of carbonyl (C=O) groups excluding carboxylic acids is 1. The van der Waals surface area contributed by atoms with Crippen LogP contribution in [0.1, 0.15) is 24.4 Å². The first-order valence-corrected chi connectivity index (χ1v) is 8.80. The molecule has 116 valence electrons. The number of carbonyl (C=O) groups is 1. The molecule has 3 N–H and O–H groups in total. The molecule has 6 nitrogen and oxygen atoms in total. The second kappa shape index (κ2) is 6.55. The minimum atomic E-state index is -3.24. The van der Waals surface area contributed by atoms with Crippen LogP contribution < -0.4 is 10.5 Å². The van der Waals surface area contributed by atoms with Crippen molar-refractivity contribution in [3.8, 4) is 0 Å². The Morgan fingerprint density at radius 2 is 2.10 bits per heavy atom. The highest BCUT2D eigenvalue weighted by Gasteiger charge is 2.28. The van der Waals surface area contributed by atoms with Crippen LogP contribution in [-0.2, 0) is 14.8 Å². The smallest absolute Gasteiger partial charge is 0.224 e. The second-order valence-electron chi connectivity index (χ2n) is 5.44. The lowest BCUT2D eigenvalue weighted by Crippen LogP contribution is -2.38. The quantitative estimate of drug-likeness (QED) is 0.814. The molecule has 1 aromatic carbocycles. The van der Waals surface area contributed by atoms with Crippen molar-refractivity contribution in [2.45, 2.75) is 24.9 Å². The monoisotopic (exact) mass is 311 g/mol. The van der Waals surface area contributed by atoms with E-state index in [0.717, 1.165) is 11.8 Å². The Bertz CT molecular complexity index is 589. The highest BCUT2D eigenvalue weighted by Crippen LogP contribution is 2.17. The molecule has 1 aromatic rings. The van der Waals surface area contributed by atoms with Gasteiger partial charge in [0.05, 0.1) is 6.26 Å². The zero-order valence-corrected chi connectivity index (χ0v) is 12.8. The van der Waals surface area contributed by atoms with E-state index in [4.69, 9.17) is 5.73 Å². The summed E-state index contributed by atoms with van der Waals surface area (Å²) in [5.41, 5.74) is 6.97. The molecular formula is C14H21N3O3S. The van der Waals surface area contributed by atoms with Gasteiger partial charge in [0.25, 0.3) is 0 Å². The van der Waals surface area contributed by atoms with Crippen LogP contribution in [-0.4, -0.2) is 44.6 Å². The lowest BCUT2D eigenvalue weighted by Gasteiger charge is -2.19. The van der Waals surface area contributed by atoms with Gasteiger partial charge < -0.3 is 10.6 Å². The molecule has 21 heavy (non-hydrogen) atoms. The maximum atomic E-state index is 12.2. The van der Waals surface area contributed by atoms with Gasteiger partial charge in [0.2, 0.25) is 15.9 Å². The first-order chi connectivity index (χ1) is 9.85. The molecule has 0 aromatic heterocycles. The number of nitrogens with zero attached hydrogens (tertiary/aromatic N) is 1. The predicted octanol–water partition coefficient (Wildman–Crippen LogP) is 0.227. The van der Waals surface area contributed by atoms with Gasteiger partial charge in [-0.05, 0) is 12.0 Å². The van der Waals surface area contributed by atoms with E-state index in [-0.39, 0.29) is 24.4 Å². The zero-order chi connectivity index (χ0) is 15.5. The van der Waals surface area contributed by atoms with E-state index in [1.165, 1.54) is 0 Å². The number of hydrogen-bond donors (Lipinski definition) is 2. The zero-order valence-electron chi connectivity index (χ0n) is 12.0. The topological polar surface area (TPSA) is 92.5 Å². The van der Waals surface area contributed by atoms with Crippen molar-refractivity contribution < 1.29 is 13.2 Å². The van der Waals surface area contributed by atoms with Gasteiger partial charge in [0, 0.05) is 31.6 Å². The summed E-state index contributed by atoms with van der Waals surface area (Å²) in [6.45, 7) is 0.973. The minimum absolute atomic E-state index is 0.0378. The molecule has 1 amide bonds. The van der Waals surface area contributed by atoms with Crippen molar-refractivity contribution in [2.24, 2.45) is 5.73 Å². The standard InChI is InChI=1S/C14H21N3O3S/c1-21(19,20)16-12-7-8-17(10-12)14(18)9-13(15)11-5-3-2-4-6-11/h2-6,12-13,16H,7-10,15H2,1H3/t12-,13-/m1/s1. The highest BCUT2D eigenvalue weighted by molar-refractivity contribution is 7.88. The lowest BCUT2D eigenvalue weighted by molar-refractivity contribution is -0.130. The van der Waals surface area contributed by atoms with E-state index in [1.54, 1.807) is 4.90 Å². The first-order valence-electron chi connectivity index (χ1n) is 6.91. The highest BCUT2D eigenvalue weighted by atomic mass is 32.2. The Morgan fingerprint density at radius 3 is 2.71 bits per heavy atom. The summed E-state index contributed by atoms with van der Waals surface area (Å²) in [5.74, 6) is -0.0378. The summed E-state index contributed by atoms with van der Waals surface area (Å²) >= 11 is 0. The van der Waals surface area contributed by atoms with E-state index in [1.807, 2.05) is 30.3 Å². The molecule has 1 saturated heterocycles. The molecule has 0 unspecified atom stereocenters. The van der Waals surface area contributed by atoms with Crippen LogP contribution in [0, 0.1) is 0 Å². The summed E-state index contributed by atoms with van der Waals surface area (Å²) in [7, 11) is -3.24. The van der Waals surface area contributed by atoms with Crippen LogP contribution in [0.25, 0.3) is 0 Å². The number of likely N-dealkylation sites (tertiary alicyclic amines) is 1. The molecule has 0 bridgehead atoms. The van der Waals surface area contributed by atoms with Crippen LogP contribution in [0.3, 0.4) is 0 Å². The number of nitrogens with two attached hydrogens (primary N) is 1. The van der Waals surface area contributed by atoms with Gasteiger partial charge in [-0.2, -0.15) is 0 Å². The van der Waals surface area contributed by atoms with Crippen molar-refractivity contribution in [3.05, 3.63) is 35.9 Å². The van der Waals surface area contributed by atoms with E-state index in [2.05, 4.69) is 4.72 Å². The number of nitrogens with one attached hydrogen (secondary N) is 1. The Kier molecular flexibility index (Phi) is 4.97. The Labute approximate surface area is 125 Å². The number of amides is 1. The lowest BCUT2D eigenvalue weighted by atomic mass is 10.0. The molecule has 0 radical (unpaired) electrons. The summed E-state index contributed by atoms with van der Waals surface area (Å²) in [6, 6.07) is 8.95. The van der Waals surface area contributed by atoms with Crippen LogP contribution in [0.15, 0.2) is 30.3 Å². The normalized spacial score (nSPS) is 20.5. The van der Waals surface area contributed by atoms with Gasteiger partial charge in [0.1, 0.15) is 0 Å². The van der Waals surface area contributed by atoms with Crippen LogP contribution in [0.2, 0.25) is 0 Å². The van der Waals surface area contributed by atoms with Crippen molar-refractivity contribution in [3.63, 3.8) is 0 Å². The fourth-order valence-corrected chi connectivity index (χ4v) is 3.32. The van der Waals surface area contributed by atoms with Crippen molar-refractivity contribution in [2.75, 3.05) is 19.3 Å². The van der Waals surface area contributed by atoms with Gasteiger partial charge in [-0.3, -0.25) is 4.79 Å². The number of rotatable bonds is 5. The Balaban J connectivity index is 1.87. The molecule has 1 aliphatic heterocycles. The van der Waals surface area contributed by atoms with Crippen molar-refractivity contribution in [1.29, 1.82) is 0 Å². The summed E-state index contributed by atoms with van der Waals surface area (Å²) in [5, 5.41) is 0. The number of hydrogen-bond acceptors (Lipinski definition) is 4. The number of sulfonamides is 1. The summed E-state index contributed by atoms with van der Waals surface area (Å²) in [6.07, 6.45) is 2.00.